The van der Waals surface area contributed by atoms with Gasteiger partial charge in [0.05, 0.1) is 17.6 Å². The lowest BCUT2D eigenvalue weighted by atomic mass is 9.93. The predicted molar refractivity (Wildman–Crippen MR) is 78.0 cm³/mol. The van der Waals surface area contributed by atoms with Crippen LogP contribution in [0.25, 0.3) is 11.4 Å². The van der Waals surface area contributed by atoms with Gasteiger partial charge in [0.1, 0.15) is 5.69 Å². The monoisotopic (exact) mass is 307 g/mol. The first kappa shape index (κ1) is 14.2. The van der Waals surface area contributed by atoms with E-state index in [2.05, 4.69) is 20.2 Å². The molecule has 7 nitrogen and oxygen atoms in total. The van der Waals surface area contributed by atoms with Crippen molar-refractivity contribution in [3.8, 4) is 11.4 Å². The second-order valence-electron chi connectivity index (χ2n) is 5.22. The number of hydrogen-bond acceptors (Lipinski definition) is 5. The third-order valence-electron chi connectivity index (χ3n) is 3.72. The van der Waals surface area contributed by atoms with E-state index in [0.29, 0.717) is 13.1 Å². The molecule has 112 valence electrons. The maximum atomic E-state index is 11.8. The topological polar surface area (TPSA) is 91.8 Å². The summed E-state index contributed by atoms with van der Waals surface area (Å²) in [6, 6.07) is 1.84. The highest BCUT2D eigenvalue weighted by atomic mass is 32.2. The van der Waals surface area contributed by atoms with Crippen LogP contribution in [0.5, 0.6) is 0 Å². The number of rotatable bonds is 3. The van der Waals surface area contributed by atoms with E-state index in [1.165, 1.54) is 10.6 Å². The van der Waals surface area contributed by atoms with Crippen molar-refractivity contribution >= 4 is 10.0 Å². The Kier molecular flexibility index (Phi) is 3.73. The summed E-state index contributed by atoms with van der Waals surface area (Å²) in [4.78, 5) is 8.82. The molecule has 1 aliphatic rings. The lowest BCUT2D eigenvalue weighted by Gasteiger charge is -2.31. The molecule has 1 N–H and O–H groups in total. The Morgan fingerprint density at radius 1 is 1.29 bits per heavy atom. The Labute approximate surface area is 123 Å². The standard InChI is InChI=1S/C13H17N5O2S/c1-21(19,20)18-8-2-3-10(9-18)12-13(15-7-6-14-12)11-4-5-16-17-11/h4-7,10H,2-3,8-9H2,1H3,(H,16,17)/t10-/m0/s1. The van der Waals surface area contributed by atoms with Crippen LogP contribution in [0.3, 0.4) is 0 Å². The van der Waals surface area contributed by atoms with Gasteiger partial charge in [0.25, 0.3) is 0 Å². The Morgan fingerprint density at radius 2 is 2.10 bits per heavy atom. The van der Waals surface area contributed by atoms with Crippen molar-refractivity contribution in [2.75, 3.05) is 19.3 Å². The first-order chi connectivity index (χ1) is 10.1. The lowest BCUT2D eigenvalue weighted by Crippen LogP contribution is -2.38. The van der Waals surface area contributed by atoms with Gasteiger partial charge in [-0.05, 0) is 18.9 Å². The minimum atomic E-state index is -3.17. The van der Waals surface area contributed by atoms with Gasteiger partial charge in [-0.25, -0.2) is 12.7 Å². The zero-order chi connectivity index (χ0) is 14.9. The lowest BCUT2D eigenvalue weighted by molar-refractivity contribution is 0.314. The van der Waals surface area contributed by atoms with Crippen LogP contribution in [0, 0.1) is 0 Å². The largest absolute Gasteiger partial charge is 0.276 e. The summed E-state index contributed by atoms with van der Waals surface area (Å²) in [6.07, 6.45) is 7.94. The maximum Gasteiger partial charge on any atom is 0.211 e. The van der Waals surface area contributed by atoms with Gasteiger partial charge < -0.3 is 0 Å². The van der Waals surface area contributed by atoms with E-state index in [0.717, 1.165) is 29.9 Å². The minimum Gasteiger partial charge on any atom is -0.276 e. The molecule has 0 amide bonds. The Bertz CT molecular complexity index is 714. The van der Waals surface area contributed by atoms with Gasteiger partial charge in [-0.2, -0.15) is 5.10 Å². The Balaban J connectivity index is 1.94. The molecule has 0 bridgehead atoms. The van der Waals surface area contributed by atoms with Gasteiger partial charge in [-0.15, -0.1) is 0 Å². The van der Waals surface area contributed by atoms with Crippen molar-refractivity contribution in [2.24, 2.45) is 0 Å². The van der Waals surface area contributed by atoms with Gasteiger partial charge >= 0.3 is 0 Å². The molecule has 2 aromatic rings. The minimum absolute atomic E-state index is 0.0560. The summed E-state index contributed by atoms with van der Waals surface area (Å²) in [5.41, 5.74) is 2.38. The van der Waals surface area contributed by atoms with E-state index < -0.39 is 10.0 Å². The summed E-state index contributed by atoms with van der Waals surface area (Å²) >= 11 is 0. The third-order valence-corrected chi connectivity index (χ3v) is 4.99. The molecule has 8 heteroatoms. The summed E-state index contributed by atoms with van der Waals surface area (Å²) in [7, 11) is -3.17. The average Bonchev–Trinajstić information content (AvgIpc) is 3.01. The van der Waals surface area contributed by atoms with Crippen molar-refractivity contribution < 1.29 is 8.42 Å². The molecule has 1 atom stereocenters. The second kappa shape index (κ2) is 5.53. The molecule has 2 aromatic heterocycles. The number of nitrogens with zero attached hydrogens (tertiary/aromatic N) is 4. The highest BCUT2D eigenvalue weighted by molar-refractivity contribution is 7.88. The van der Waals surface area contributed by atoms with E-state index in [-0.39, 0.29) is 5.92 Å². The number of aromatic nitrogens is 4. The summed E-state index contributed by atoms with van der Waals surface area (Å²) in [6.45, 7) is 1.04. The van der Waals surface area contributed by atoms with Crippen LogP contribution in [0.2, 0.25) is 0 Å². The van der Waals surface area contributed by atoms with Gasteiger partial charge in [0.2, 0.25) is 10.0 Å². The normalized spacial score (nSPS) is 20.5. The van der Waals surface area contributed by atoms with Crippen molar-refractivity contribution in [2.45, 2.75) is 18.8 Å². The molecule has 0 unspecified atom stereocenters. The fraction of sp³-hybridized carbons (Fsp3) is 0.462. The van der Waals surface area contributed by atoms with Crippen molar-refractivity contribution in [1.82, 2.24) is 24.5 Å². The van der Waals surface area contributed by atoms with Crippen LogP contribution in [0.4, 0.5) is 0 Å². The second-order valence-corrected chi connectivity index (χ2v) is 7.20. The van der Waals surface area contributed by atoms with Gasteiger partial charge in [0, 0.05) is 37.6 Å². The zero-order valence-corrected chi connectivity index (χ0v) is 12.5. The number of sulfonamides is 1. The van der Waals surface area contributed by atoms with E-state index in [1.807, 2.05) is 6.07 Å². The molecule has 0 aromatic carbocycles. The summed E-state index contributed by atoms with van der Waals surface area (Å²) in [5.74, 6) is 0.0560. The Morgan fingerprint density at radius 3 is 2.81 bits per heavy atom. The van der Waals surface area contributed by atoms with Crippen molar-refractivity contribution in [1.29, 1.82) is 0 Å². The SMILES string of the molecule is CS(=O)(=O)N1CCC[C@H](c2nccnc2-c2ccn[nH]2)C1. The van der Waals surface area contributed by atoms with E-state index in [9.17, 15) is 8.42 Å². The van der Waals surface area contributed by atoms with Crippen LogP contribution in [0.15, 0.2) is 24.7 Å². The number of aromatic amines is 1. The molecule has 0 spiro atoms. The van der Waals surface area contributed by atoms with Gasteiger partial charge in [0.15, 0.2) is 0 Å². The fourth-order valence-corrected chi connectivity index (χ4v) is 3.62. The average molecular weight is 307 g/mol. The molecule has 1 aliphatic heterocycles. The molecule has 0 aliphatic carbocycles. The highest BCUT2D eigenvalue weighted by Gasteiger charge is 2.29. The summed E-state index contributed by atoms with van der Waals surface area (Å²) in [5, 5.41) is 6.83. The van der Waals surface area contributed by atoms with E-state index in [4.69, 9.17) is 0 Å². The quantitative estimate of drug-likeness (QED) is 0.913. The van der Waals surface area contributed by atoms with Crippen LogP contribution in [-0.2, 0) is 10.0 Å². The number of hydrogen-bond donors (Lipinski definition) is 1. The van der Waals surface area contributed by atoms with Crippen LogP contribution < -0.4 is 0 Å². The molecular weight excluding hydrogens is 290 g/mol. The smallest absolute Gasteiger partial charge is 0.211 e. The van der Waals surface area contributed by atoms with E-state index >= 15 is 0 Å². The zero-order valence-electron chi connectivity index (χ0n) is 11.7. The van der Waals surface area contributed by atoms with Gasteiger partial charge in [-0.3, -0.25) is 15.1 Å². The predicted octanol–water partition coefficient (Wildman–Crippen LogP) is 1.01. The first-order valence-electron chi connectivity index (χ1n) is 6.81. The van der Waals surface area contributed by atoms with E-state index in [1.54, 1.807) is 18.6 Å². The number of H-pyrrole nitrogens is 1. The molecular formula is C13H17N5O2S. The molecule has 3 heterocycles. The first-order valence-corrected chi connectivity index (χ1v) is 8.66. The molecule has 21 heavy (non-hydrogen) atoms. The molecule has 1 fully saturated rings. The number of nitrogens with one attached hydrogen (secondary N) is 1. The van der Waals surface area contributed by atoms with Crippen molar-refractivity contribution in [3.63, 3.8) is 0 Å². The Hall–Kier alpha value is -1.80. The molecule has 0 saturated carbocycles. The van der Waals surface area contributed by atoms with Crippen LogP contribution in [0.1, 0.15) is 24.5 Å². The molecule has 1 saturated heterocycles. The van der Waals surface area contributed by atoms with Crippen LogP contribution in [-0.4, -0.2) is 52.2 Å². The molecule has 3 rings (SSSR count). The van der Waals surface area contributed by atoms with Crippen molar-refractivity contribution in [3.05, 3.63) is 30.4 Å². The number of piperidine rings is 1. The summed E-state index contributed by atoms with van der Waals surface area (Å²) < 4.78 is 25.0. The maximum absolute atomic E-state index is 11.8. The highest BCUT2D eigenvalue weighted by Crippen LogP contribution is 2.31. The fourth-order valence-electron chi connectivity index (χ4n) is 2.71. The van der Waals surface area contributed by atoms with Gasteiger partial charge in [-0.1, -0.05) is 0 Å². The third kappa shape index (κ3) is 2.96. The van der Waals surface area contributed by atoms with Crippen LogP contribution >= 0.6 is 0 Å². The molecule has 0 radical (unpaired) electrons.